The molecule has 0 aliphatic heterocycles. The molecule has 26 heavy (non-hydrogen) atoms. The fourth-order valence-corrected chi connectivity index (χ4v) is 3.45. The summed E-state index contributed by atoms with van der Waals surface area (Å²) >= 11 is 1.11. The summed E-state index contributed by atoms with van der Waals surface area (Å²) in [4.78, 5) is 35.8. The van der Waals surface area contributed by atoms with Gasteiger partial charge in [-0.2, -0.15) is 0 Å². The number of esters is 1. The number of thioether (sulfide) groups is 1. The van der Waals surface area contributed by atoms with E-state index in [2.05, 4.69) is 19.2 Å². The molecule has 0 rings (SSSR count). The lowest BCUT2D eigenvalue weighted by Crippen LogP contribution is -2.43. The van der Waals surface area contributed by atoms with Crippen LogP contribution in [0.15, 0.2) is 0 Å². The molecule has 1 N–H and O–H groups in total. The zero-order chi connectivity index (χ0) is 19.6. The van der Waals surface area contributed by atoms with Crippen molar-refractivity contribution in [1.82, 2.24) is 5.32 Å². The van der Waals surface area contributed by atoms with Gasteiger partial charge in [-0.25, -0.2) is 4.79 Å². The summed E-state index contributed by atoms with van der Waals surface area (Å²) < 4.78 is 4.75. The van der Waals surface area contributed by atoms with Crippen LogP contribution in [0.5, 0.6) is 0 Å². The summed E-state index contributed by atoms with van der Waals surface area (Å²) in [5.41, 5.74) is 0. The van der Waals surface area contributed by atoms with E-state index in [1.165, 1.54) is 32.8 Å². The van der Waals surface area contributed by atoms with E-state index in [0.29, 0.717) is 12.8 Å². The Bertz CT molecular complexity index is 401. The summed E-state index contributed by atoms with van der Waals surface area (Å²) in [5.74, 6) is -0.403. The van der Waals surface area contributed by atoms with Crippen molar-refractivity contribution in [1.29, 1.82) is 0 Å². The number of carbonyl (C=O) groups excluding carboxylic acids is 3. The van der Waals surface area contributed by atoms with Gasteiger partial charge in [0.2, 0.25) is 5.91 Å². The van der Waals surface area contributed by atoms with Crippen molar-refractivity contribution in [3.8, 4) is 0 Å². The van der Waals surface area contributed by atoms with Crippen molar-refractivity contribution >= 4 is 28.8 Å². The van der Waals surface area contributed by atoms with E-state index in [9.17, 15) is 14.4 Å². The van der Waals surface area contributed by atoms with Crippen molar-refractivity contribution in [3.05, 3.63) is 0 Å². The van der Waals surface area contributed by atoms with Crippen LogP contribution >= 0.6 is 11.8 Å². The predicted octanol–water partition coefficient (Wildman–Crippen LogP) is 4.63. The van der Waals surface area contributed by atoms with Crippen LogP contribution < -0.4 is 5.32 Å². The molecule has 0 bridgehead atoms. The molecule has 0 aliphatic rings. The Morgan fingerprint density at radius 2 is 1.38 bits per heavy atom. The summed E-state index contributed by atoms with van der Waals surface area (Å²) in [6, 6.07) is -0.753. The molecule has 0 aromatic rings. The van der Waals surface area contributed by atoms with E-state index in [-0.39, 0.29) is 16.8 Å². The topological polar surface area (TPSA) is 72.5 Å². The van der Waals surface area contributed by atoms with E-state index in [1.807, 2.05) is 0 Å². The van der Waals surface area contributed by atoms with Crippen LogP contribution in [0.2, 0.25) is 0 Å². The van der Waals surface area contributed by atoms with Gasteiger partial charge in [0.25, 0.3) is 0 Å². The van der Waals surface area contributed by atoms with Crippen LogP contribution in [-0.4, -0.2) is 35.9 Å². The van der Waals surface area contributed by atoms with Gasteiger partial charge in [-0.1, -0.05) is 77.0 Å². The summed E-state index contributed by atoms with van der Waals surface area (Å²) in [6.07, 6.45) is 11.8. The van der Waals surface area contributed by atoms with Gasteiger partial charge in [-0.3, -0.25) is 9.59 Å². The SMILES string of the molecule is CCCCCCCC(=O)N[C@@H](CSC(=O)CCCCCCC)C(=O)OC. The van der Waals surface area contributed by atoms with Crippen LogP contribution in [-0.2, 0) is 19.1 Å². The van der Waals surface area contributed by atoms with E-state index in [1.54, 1.807) is 0 Å². The Balaban J connectivity index is 4.09. The zero-order valence-corrected chi connectivity index (χ0v) is 17.6. The minimum atomic E-state index is -0.753. The molecule has 152 valence electrons. The Hall–Kier alpha value is -1.04. The number of amides is 1. The highest BCUT2D eigenvalue weighted by Crippen LogP contribution is 2.13. The molecule has 0 radical (unpaired) electrons. The average Bonchev–Trinajstić information content (AvgIpc) is 2.64. The lowest BCUT2D eigenvalue weighted by atomic mass is 10.1. The number of methoxy groups -OCH3 is 1. The van der Waals surface area contributed by atoms with Gasteiger partial charge in [0, 0.05) is 18.6 Å². The number of nitrogens with one attached hydrogen (secondary N) is 1. The summed E-state index contributed by atoms with van der Waals surface area (Å²) in [7, 11) is 1.30. The van der Waals surface area contributed by atoms with Gasteiger partial charge in [-0.15, -0.1) is 0 Å². The average molecular weight is 388 g/mol. The Kier molecular flexibility index (Phi) is 16.7. The molecule has 0 spiro atoms. The Labute approximate surface area is 163 Å². The highest BCUT2D eigenvalue weighted by Gasteiger charge is 2.22. The van der Waals surface area contributed by atoms with E-state index >= 15 is 0 Å². The second-order valence-corrected chi connectivity index (χ2v) is 7.73. The molecule has 0 fully saturated rings. The molecular weight excluding hydrogens is 350 g/mol. The molecule has 0 aromatic carbocycles. The first kappa shape index (κ1) is 25.0. The first-order chi connectivity index (χ1) is 12.5. The molecule has 1 atom stereocenters. The van der Waals surface area contributed by atoms with Gasteiger partial charge < -0.3 is 10.1 Å². The van der Waals surface area contributed by atoms with Crippen LogP contribution in [0, 0.1) is 0 Å². The first-order valence-corrected chi connectivity index (χ1v) is 11.1. The van der Waals surface area contributed by atoms with Crippen LogP contribution in [0.1, 0.15) is 90.9 Å². The lowest BCUT2D eigenvalue weighted by molar-refractivity contribution is -0.144. The Morgan fingerprint density at radius 3 is 1.92 bits per heavy atom. The van der Waals surface area contributed by atoms with Gasteiger partial charge in [0.15, 0.2) is 5.12 Å². The molecule has 0 heterocycles. The fourth-order valence-electron chi connectivity index (χ4n) is 2.59. The number of unbranched alkanes of at least 4 members (excludes halogenated alkanes) is 8. The maximum Gasteiger partial charge on any atom is 0.329 e. The third kappa shape index (κ3) is 14.2. The molecule has 0 aliphatic carbocycles. The van der Waals surface area contributed by atoms with Gasteiger partial charge in [0.05, 0.1) is 7.11 Å². The second kappa shape index (κ2) is 17.4. The number of carbonyl (C=O) groups is 3. The van der Waals surface area contributed by atoms with E-state index in [0.717, 1.165) is 50.3 Å². The molecule has 6 heteroatoms. The zero-order valence-electron chi connectivity index (χ0n) is 16.8. The quantitative estimate of drug-likeness (QED) is 0.309. The number of hydrogen-bond acceptors (Lipinski definition) is 5. The monoisotopic (exact) mass is 387 g/mol. The van der Waals surface area contributed by atoms with Crippen molar-refractivity contribution in [2.75, 3.05) is 12.9 Å². The minimum Gasteiger partial charge on any atom is -0.467 e. The molecule has 0 saturated heterocycles. The van der Waals surface area contributed by atoms with Crippen LogP contribution in [0.25, 0.3) is 0 Å². The van der Waals surface area contributed by atoms with Crippen molar-refractivity contribution in [2.24, 2.45) is 0 Å². The molecule has 0 saturated carbocycles. The van der Waals surface area contributed by atoms with E-state index in [4.69, 9.17) is 4.74 Å². The smallest absolute Gasteiger partial charge is 0.329 e. The highest BCUT2D eigenvalue weighted by molar-refractivity contribution is 8.13. The summed E-state index contributed by atoms with van der Waals surface area (Å²) in [6.45, 7) is 4.31. The number of ether oxygens (including phenoxy) is 1. The lowest BCUT2D eigenvalue weighted by Gasteiger charge is -2.16. The van der Waals surface area contributed by atoms with Crippen LogP contribution in [0.3, 0.4) is 0 Å². The van der Waals surface area contributed by atoms with Crippen LogP contribution in [0.4, 0.5) is 0 Å². The molecule has 5 nitrogen and oxygen atoms in total. The first-order valence-electron chi connectivity index (χ1n) is 10.1. The maximum atomic E-state index is 12.0. The van der Waals surface area contributed by atoms with E-state index < -0.39 is 12.0 Å². The largest absolute Gasteiger partial charge is 0.467 e. The number of rotatable bonds is 16. The standard InChI is InChI=1S/C20H37NO4S/c1-4-6-8-10-12-14-18(22)21-17(20(24)25-3)16-26-19(23)15-13-11-9-7-5-2/h17H,4-16H2,1-3H3,(H,21,22)/t17-/m0/s1. The van der Waals surface area contributed by atoms with Crippen molar-refractivity contribution in [3.63, 3.8) is 0 Å². The van der Waals surface area contributed by atoms with Gasteiger partial charge in [0.1, 0.15) is 6.04 Å². The minimum absolute atomic E-state index is 0.0733. The predicted molar refractivity (Wildman–Crippen MR) is 108 cm³/mol. The number of hydrogen-bond donors (Lipinski definition) is 1. The third-order valence-corrected chi connectivity index (χ3v) is 5.25. The van der Waals surface area contributed by atoms with Crippen molar-refractivity contribution in [2.45, 2.75) is 96.9 Å². The van der Waals surface area contributed by atoms with Crippen molar-refractivity contribution < 1.29 is 19.1 Å². The molecule has 0 unspecified atom stereocenters. The third-order valence-electron chi connectivity index (χ3n) is 4.22. The Morgan fingerprint density at radius 1 is 0.846 bits per heavy atom. The highest BCUT2D eigenvalue weighted by atomic mass is 32.2. The maximum absolute atomic E-state index is 12.0. The molecule has 0 aromatic heterocycles. The van der Waals surface area contributed by atoms with Gasteiger partial charge in [-0.05, 0) is 12.8 Å². The fraction of sp³-hybridized carbons (Fsp3) is 0.850. The normalized spacial score (nSPS) is 11.8. The molecule has 1 amide bonds. The second-order valence-electron chi connectivity index (χ2n) is 6.65. The van der Waals surface area contributed by atoms with Gasteiger partial charge >= 0.3 is 5.97 Å². The molecular formula is C20H37NO4S. The summed E-state index contributed by atoms with van der Waals surface area (Å²) in [5, 5.41) is 2.78.